The molecule has 1 aromatic carbocycles. The molecule has 0 saturated carbocycles. The number of benzene rings is 1. The monoisotopic (exact) mass is 265 g/mol. The molecule has 2 heterocycles. The van der Waals surface area contributed by atoms with E-state index in [0.29, 0.717) is 5.82 Å². The van der Waals surface area contributed by atoms with Crippen LogP contribution in [0.2, 0.25) is 0 Å². The highest BCUT2D eigenvalue weighted by molar-refractivity contribution is 5.92. The van der Waals surface area contributed by atoms with Gasteiger partial charge in [0.1, 0.15) is 5.82 Å². The van der Waals surface area contributed by atoms with E-state index in [1.54, 1.807) is 12.3 Å². The smallest absolute Gasteiger partial charge is 0.251 e. The molecule has 3 aromatic rings. The molecular formula is C16H15N3O. The third-order valence-electron chi connectivity index (χ3n) is 3.26. The zero-order valence-corrected chi connectivity index (χ0v) is 11.4. The molecular weight excluding hydrogens is 250 g/mol. The predicted molar refractivity (Wildman–Crippen MR) is 79.7 cm³/mol. The maximum Gasteiger partial charge on any atom is 0.251 e. The molecule has 0 aliphatic heterocycles. The van der Waals surface area contributed by atoms with E-state index in [1.165, 1.54) is 0 Å². The van der Waals surface area contributed by atoms with Crippen LogP contribution in [0.3, 0.4) is 0 Å². The number of aromatic nitrogens is 3. The Hall–Kier alpha value is -2.49. The van der Waals surface area contributed by atoms with Crippen LogP contribution in [0.15, 0.2) is 47.4 Å². The van der Waals surface area contributed by atoms with Gasteiger partial charge in [-0.25, -0.2) is 4.98 Å². The van der Waals surface area contributed by atoms with Gasteiger partial charge in [0.15, 0.2) is 0 Å². The summed E-state index contributed by atoms with van der Waals surface area (Å²) in [6.45, 7) is 4.05. The van der Waals surface area contributed by atoms with E-state index in [1.807, 2.05) is 44.2 Å². The van der Waals surface area contributed by atoms with E-state index in [0.717, 1.165) is 22.2 Å². The number of pyridine rings is 1. The van der Waals surface area contributed by atoms with Gasteiger partial charge < -0.3 is 4.98 Å². The van der Waals surface area contributed by atoms with Crippen LogP contribution in [0.5, 0.6) is 0 Å². The number of fused-ring (bicyclic) bond motifs is 1. The fraction of sp³-hybridized carbons (Fsp3) is 0.188. The summed E-state index contributed by atoms with van der Waals surface area (Å²) in [5.74, 6) is 0.809. The van der Waals surface area contributed by atoms with Gasteiger partial charge in [0.2, 0.25) is 0 Å². The first-order chi connectivity index (χ1) is 9.65. The standard InChI is InChI=1S/C16H15N3O/c1-10(2)14-9-15(20)19-16(18-14)12-7-8-17-13-6-4-3-5-11(12)13/h3-10H,1-2H3,(H,18,19,20). The van der Waals surface area contributed by atoms with Crippen LogP contribution in [-0.2, 0) is 0 Å². The molecule has 0 fully saturated rings. The molecule has 4 heteroatoms. The van der Waals surface area contributed by atoms with Crippen LogP contribution in [0, 0.1) is 0 Å². The minimum atomic E-state index is -0.125. The third kappa shape index (κ3) is 2.20. The fourth-order valence-electron chi connectivity index (χ4n) is 2.20. The van der Waals surface area contributed by atoms with E-state index < -0.39 is 0 Å². The maximum atomic E-state index is 11.8. The zero-order chi connectivity index (χ0) is 14.1. The highest BCUT2D eigenvalue weighted by Crippen LogP contribution is 2.24. The molecule has 3 rings (SSSR count). The molecule has 0 spiro atoms. The minimum Gasteiger partial charge on any atom is -0.306 e. The van der Waals surface area contributed by atoms with Gasteiger partial charge in [-0.2, -0.15) is 0 Å². The van der Waals surface area contributed by atoms with Crippen molar-refractivity contribution < 1.29 is 0 Å². The van der Waals surface area contributed by atoms with Crippen LogP contribution in [0.25, 0.3) is 22.3 Å². The largest absolute Gasteiger partial charge is 0.306 e. The molecule has 0 aliphatic carbocycles. The zero-order valence-electron chi connectivity index (χ0n) is 11.4. The quantitative estimate of drug-likeness (QED) is 0.774. The number of rotatable bonds is 2. The van der Waals surface area contributed by atoms with Crippen molar-refractivity contribution in [3.63, 3.8) is 0 Å². The summed E-state index contributed by atoms with van der Waals surface area (Å²) >= 11 is 0. The fourth-order valence-corrected chi connectivity index (χ4v) is 2.20. The van der Waals surface area contributed by atoms with Crippen LogP contribution >= 0.6 is 0 Å². The topological polar surface area (TPSA) is 58.6 Å². The number of nitrogens with one attached hydrogen (secondary N) is 1. The van der Waals surface area contributed by atoms with Gasteiger partial charge in [0, 0.05) is 23.2 Å². The summed E-state index contributed by atoms with van der Waals surface area (Å²) in [7, 11) is 0. The van der Waals surface area contributed by atoms with Crippen molar-refractivity contribution in [2.24, 2.45) is 0 Å². The summed E-state index contributed by atoms with van der Waals surface area (Å²) in [5.41, 5.74) is 2.46. The average molecular weight is 265 g/mol. The Morgan fingerprint density at radius 1 is 1.15 bits per heavy atom. The number of aromatic amines is 1. The van der Waals surface area contributed by atoms with Crippen molar-refractivity contribution >= 4 is 10.9 Å². The van der Waals surface area contributed by atoms with Gasteiger partial charge in [0.25, 0.3) is 5.56 Å². The number of H-pyrrole nitrogens is 1. The lowest BCUT2D eigenvalue weighted by Gasteiger charge is -2.08. The van der Waals surface area contributed by atoms with Crippen LogP contribution in [-0.4, -0.2) is 15.0 Å². The van der Waals surface area contributed by atoms with Crippen molar-refractivity contribution in [1.29, 1.82) is 0 Å². The van der Waals surface area contributed by atoms with Gasteiger partial charge >= 0.3 is 0 Å². The molecule has 100 valence electrons. The van der Waals surface area contributed by atoms with Gasteiger partial charge in [-0.3, -0.25) is 9.78 Å². The van der Waals surface area contributed by atoms with Crippen molar-refractivity contribution in [1.82, 2.24) is 15.0 Å². The van der Waals surface area contributed by atoms with Crippen LogP contribution in [0.1, 0.15) is 25.5 Å². The Kier molecular flexibility index (Phi) is 3.06. The number of hydrogen-bond donors (Lipinski definition) is 1. The van der Waals surface area contributed by atoms with Gasteiger partial charge in [-0.1, -0.05) is 32.0 Å². The van der Waals surface area contributed by atoms with E-state index in [2.05, 4.69) is 15.0 Å². The Balaban J connectivity index is 2.28. The maximum absolute atomic E-state index is 11.8. The molecule has 20 heavy (non-hydrogen) atoms. The number of hydrogen-bond acceptors (Lipinski definition) is 3. The second kappa shape index (κ2) is 4.89. The molecule has 0 bridgehead atoms. The number of para-hydroxylation sites is 1. The molecule has 0 unspecified atom stereocenters. The summed E-state index contributed by atoms with van der Waals surface area (Å²) in [4.78, 5) is 23.5. The van der Waals surface area contributed by atoms with E-state index in [9.17, 15) is 4.79 Å². The summed E-state index contributed by atoms with van der Waals surface area (Å²) < 4.78 is 0. The summed E-state index contributed by atoms with van der Waals surface area (Å²) in [6.07, 6.45) is 1.74. The van der Waals surface area contributed by atoms with E-state index in [4.69, 9.17) is 0 Å². The predicted octanol–water partition coefficient (Wildman–Crippen LogP) is 3.11. The third-order valence-corrected chi connectivity index (χ3v) is 3.26. The first-order valence-corrected chi connectivity index (χ1v) is 6.60. The SMILES string of the molecule is CC(C)c1cc(=O)[nH]c(-c2ccnc3ccccc23)n1. The highest BCUT2D eigenvalue weighted by Gasteiger charge is 2.09. The normalized spacial score (nSPS) is 11.2. The second-order valence-electron chi connectivity index (χ2n) is 5.05. The van der Waals surface area contributed by atoms with Crippen LogP contribution in [0.4, 0.5) is 0 Å². The van der Waals surface area contributed by atoms with Crippen LogP contribution < -0.4 is 5.56 Å². The van der Waals surface area contributed by atoms with Gasteiger partial charge in [0.05, 0.1) is 11.2 Å². The lowest BCUT2D eigenvalue weighted by molar-refractivity contribution is 0.812. The van der Waals surface area contributed by atoms with Gasteiger partial charge in [-0.15, -0.1) is 0 Å². The molecule has 0 aliphatic rings. The molecule has 2 aromatic heterocycles. The lowest BCUT2D eigenvalue weighted by Crippen LogP contribution is -2.11. The van der Waals surface area contributed by atoms with E-state index >= 15 is 0 Å². The minimum absolute atomic E-state index is 0.125. The molecule has 0 radical (unpaired) electrons. The van der Waals surface area contributed by atoms with Crippen molar-refractivity contribution in [3.05, 3.63) is 58.6 Å². The summed E-state index contributed by atoms with van der Waals surface area (Å²) in [5, 5.41) is 0.985. The Morgan fingerprint density at radius 3 is 2.75 bits per heavy atom. The Bertz CT molecular complexity index is 816. The highest BCUT2D eigenvalue weighted by atomic mass is 16.1. The lowest BCUT2D eigenvalue weighted by atomic mass is 10.1. The van der Waals surface area contributed by atoms with Crippen molar-refractivity contribution in [2.45, 2.75) is 19.8 Å². The van der Waals surface area contributed by atoms with E-state index in [-0.39, 0.29) is 11.5 Å². The molecule has 0 amide bonds. The van der Waals surface area contributed by atoms with Crippen molar-refractivity contribution in [3.8, 4) is 11.4 Å². The summed E-state index contributed by atoms with van der Waals surface area (Å²) in [6, 6.07) is 11.3. The first kappa shape index (κ1) is 12.5. The molecule has 1 N–H and O–H groups in total. The molecule has 0 saturated heterocycles. The molecule has 0 atom stereocenters. The Morgan fingerprint density at radius 2 is 1.95 bits per heavy atom. The molecule has 4 nitrogen and oxygen atoms in total. The van der Waals surface area contributed by atoms with Gasteiger partial charge in [-0.05, 0) is 18.1 Å². The van der Waals surface area contributed by atoms with Crippen molar-refractivity contribution in [2.75, 3.05) is 0 Å². The average Bonchev–Trinajstić information content (AvgIpc) is 2.46. The Labute approximate surface area is 116 Å². The number of nitrogens with zero attached hydrogens (tertiary/aromatic N) is 2. The first-order valence-electron chi connectivity index (χ1n) is 6.60. The second-order valence-corrected chi connectivity index (χ2v) is 5.05.